The molecule has 0 amide bonds. The molecule has 0 aromatic heterocycles. The van der Waals surface area contributed by atoms with Crippen molar-refractivity contribution in [2.75, 3.05) is 38.7 Å². The minimum Gasteiger partial charge on any atom is -0.308 e. The first-order valence-electron chi connectivity index (χ1n) is 9.17. The zero-order valence-corrected chi connectivity index (χ0v) is 16.4. The lowest BCUT2D eigenvalue weighted by atomic mass is 9.95. The molecule has 3 rings (SSSR count). The van der Waals surface area contributed by atoms with Gasteiger partial charge in [-0.05, 0) is 31.6 Å². The Morgan fingerprint density at radius 3 is 1.88 bits per heavy atom. The van der Waals surface area contributed by atoms with Crippen molar-refractivity contribution in [3.8, 4) is 0 Å². The van der Waals surface area contributed by atoms with Gasteiger partial charge in [0.15, 0.2) is 9.84 Å². The monoisotopic (exact) mass is 372 g/mol. The standard InChI is InChI=1S/C21H28N2O2S/c1-22(2)14-15-23(20-13-16-26(24,25)17-20)21(18-9-5-3-6-10-18)19-11-7-4-8-12-19/h3-12,20-21H,13-17H2,1-2H3/t20-/m0/s1. The predicted molar refractivity (Wildman–Crippen MR) is 107 cm³/mol. The van der Waals surface area contributed by atoms with Gasteiger partial charge in [0.05, 0.1) is 17.5 Å². The Morgan fingerprint density at radius 2 is 1.46 bits per heavy atom. The molecule has 0 bridgehead atoms. The largest absolute Gasteiger partial charge is 0.308 e. The fraction of sp³-hybridized carbons (Fsp3) is 0.429. The third-order valence-corrected chi connectivity index (χ3v) is 6.80. The molecule has 2 aromatic carbocycles. The lowest BCUT2D eigenvalue weighted by Gasteiger charge is -2.37. The molecule has 1 aliphatic rings. The summed E-state index contributed by atoms with van der Waals surface area (Å²) >= 11 is 0. The molecular formula is C21H28N2O2S. The van der Waals surface area contributed by atoms with Gasteiger partial charge in [0.2, 0.25) is 0 Å². The van der Waals surface area contributed by atoms with E-state index in [0.717, 1.165) is 13.1 Å². The van der Waals surface area contributed by atoms with Gasteiger partial charge in [-0.15, -0.1) is 0 Å². The van der Waals surface area contributed by atoms with E-state index in [2.05, 4.69) is 72.4 Å². The van der Waals surface area contributed by atoms with E-state index in [1.165, 1.54) is 11.1 Å². The van der Waals surface area contributed by atoms with Crippen LogP contribution in [0.2, 0.25) is 0 Å². The van der Waals surface area contributed by atoms with Crippen LogP contribution < -0.4 is 0 Å². The number of benzene rings is 2. The Morgan fingerprint density at radius 1 is 0.923 bits per heavy atom. The van der Waals surface area contributed by atoms with E-state index >= 15 is 0 Å². The molecule has 0 aliphatic carbocycles. The van der Waals surface area contributed by atoms with E-state index in [-0.39, 0.29) is 17.8 Å². The fourth-order valence-electron chi connectivity index (χ4n) is 3.72. The van der Waals surface area contributed by atoms with E-state index < -0.39 is 9.84 Å². The average Bonchev–Trinajstić information content (AvgIpc) is 2.99. The molecule has 1 fully saturated rings. The summed E-state index contributed by atoms with van der Waals surface area (Å²) in [7, 11) is 1.19. The van der Waals surface area contributed by atoms with Gasteiger partial charge in [0.1, 0.15) is 0 Å². The van der Waals surface area contributed by atoms with Crippen LogP contribution in [-0.4, -0.2) is 63.0 Å². The maximum Gasteiger partial charge on any atom is 0.151 e. The highest BCUT2D eigenvalue weighted by molar-refractivity contribution is 7.91. The van der Waals surface area contributed by atoms with Crippen molar-refractivity contribution in [2.45, 2.75) is 18.5 Å². The Kier molecular flexibility index (Phi) is 6.12. The van der Waals surface area contributed by atoms with Gasteiger partial charge in [0, 0.05) is 19.1 Å². The van der Waals surface area contributed by atoms with Gasteiger partial charge in [-0.1, -0.05) is 60.7 Å². The summed E-state index contributed by atoms with van der Waals surface area (Å²) in [5, 5.41) is 0. The van der Waals surface area contributed by atoms with Crippen molar-refractivity contribution in [1.29, 1.82) is 0 Å². The second-order valence-corrected chi connectivity index (χ2v) is 9.55. The van der Waals surface area contributed by atoms with Crippen molar-refractivity contribution in [2.24, 2.45) is 0 Å². The van der Waals surface area contributed by atoms with E-state index in [4.69, 9.17) is 0 Å². The number of hydrogen-bond acceptors (Lipinski definition) is 4. The zero-order valence-electron chi connectivity index (χ0n) is 15.6. The lowest BCUT2D eigenvalue weighted by Crippen LogP contribution is -2.43. The van der Waals surface area contributed by atoms with Crippen molar-refractivity contribution >= 4 is 9.84 Å². The molecule has 5 heteroatoms. The van der Waals surface area contributed by atoms with Gasteiger partial charge in [-0.2, -0.15) is 0 Å². The quantitative estimate of drug-likeness (QED) is 0.749. The number of likely N-dealkylation sites (N-methyl/N-ethyl adjacent to an activating group) is 1. The third-order valence-electron chi connectivity index (χ3n) is 5.05. The average molecular weight is 373 g/mol. The fourth-order valence-corrected chi connectivity index (χ4v) is 5.46. The molecule has 1 atom stereocenters. The lowest BCUT2D eigenvalue weighted by molar-refractivity contribution is 0.154. The van der Waals surface area contributed by atoms with Crippen molar-refractivity contribution in [3.63, 3.8) is 0 Å². The first-order valence-corrected chi connectivity index (χ1v) is 11.0. The molecule has 1 heterocycles. The van der Waals surface area contributed by atoms with Crippen LogP contribution in [0.15, 0.2) is 60.7 Å². The first kappa shape index (κ1) is 19.1. The van der Waals surface area contributed by atoms with Gasteiger partial charge in [-0.3, -0.25) is 4.90 Å². The maximum atomic E-state index is 12.1. The highest BCUT2D eigenvalue weighted by Crippen LogP contribution is 2.33. The van der Waals surface area contributed by atoms with Crippen molar-refractivity contribution < 1.29 is 8.42 Å². The van der Waals surface area contributed by atoms with Crippen LogP contribution >= 0.6 is 0 Å². The molecule has 1 saturated heterocycles. The molecule has 0 saturated carbocycles. The minimum atomic E-state index is -2.93. The molecule has 0 unspecified atom stereocenters. The van der Waals surface area contributed by atoms with Crippen LogP contribution in [0, 0.1) is 0 Å². The molecule has 4 nitrogen and oxygen atoms in total. The van der Waals surface area contributed by atoms with E-state index in [1.54, 1.807) is 0 Å². The Bertz CT molecular complexity index is 752. The van der Waals surface area contributed by atoms with E-state index in [1.807, 2.05) is 12.1 Å². The second kappa shape index (κ2) is 8.33. The van der Waals surface area contributed by atoms with Gasteiger partial charge in [-0.25, -0.2) is 8.42 Å². The minimum absolute atomic E-state index is 0.0605. The first-order chi connectivity index (χ1) is 12.5. The summed E-state index contributed by atoms with van der Waals surface area (Å²) in [6.45, 7) is 1.73. The van der Waals surface area contributed by atoms with Crippen LogP contribution in [-0.2, 0) is 9.84 Å². The highest BCUT2D eigenvalue weighted by atomic mass is 32.2. The number of hydrogen-bond donors (Lipinski definition) is 0. The van der Waals surface area contributed by atoms with E-state index in [9.17, 15) is 8.42 Å². The summed E-state index contributed by atoms with van der Waals surface area (Å²) in [5.74, 6) is 0.559. The van der Waals surface area contributed by atoms with Gasteiger partial charge >= 0.3 is 0 Å². The molecular weight excluding hydrogens is 344 g/mol. The van der Waals surface area contributed by atoms with Crippen molar-refractivity contribution in [3.05, 3.63) is 71.8 Å². The Labute approximate surface area is 157 Å². The second-order valence-electron chi connectivity index (χ2n) is 7.32. The van der Waals surface area contributed by atoms with Crippen LogP contribution in [0.25, 0.3) is 0 Å². The summed E-state index contributed by atoms with van der Waals surface area (Å²) in [6.07, 6.45) is 0.714. The molecule has 26 heavy (non-hydrogen) atoms. The topological polar surface area (TPSA) is 40.6 Å². The molecule has 2 aromatic rings. The van der Waals surface area contributed by atoms with E-state index in [0.29, 0.717) is 12.2 Å². The molecule has 0 spiro atoms. The summed E-state index contributed by atoms with van der Waals surface area (Å²) in [4.78, 5) is 4.55. The highest BCUT2D eigenvalue weighted by Gasteiger charge is 2.36. The SMILES string of the molecule is CN(C)CCN(C(c1ccccc1)c1ccccc1)[C@H]1CCS(=O)(=O)C1. The molecule has 0 radical (unpaired) electrons. The smallest absolute Gasteiger partial charge is 0.151 e. The summed E-state index contributed by atoms with van der Waals surface area (Å²) in [5.41, 5.74) is 2.42. The van der Waals surface area contributed by atoms with Crippen LogP contribution in [0.3, 0.4) is 0 Å². The van der Waals surface area contributed by atoms with Crippen LogP contribution in [0.4, 0.5) is 0 Å². The molecule has 0 N–H and O–H groups in total. The summed E-state index contributed by atoms with van der Waals surface area (Å²) in [6, 6.07) is 21.0. The Hall–Kier alpha value is -1.69. The van der Waals surface area contributed by atoms with Crippen LogP contribution in [0.1, 0.15) is 23.6 Å². The zero-order chi connectivity index (χ0) is 18.6. The molecule has 1 aliphatic heterocycles. The normalized spacial score (nSPS) is 19.5. The Balaban J connectivity index is 2.00. The number of sulfone groups is 1. The van der Waals surface area contributed by atoms with Crippen LogP contribution in [0.5, 0.6) is 0 Å². The summed E-state index contributed by atoms with van der Waals surface area (Å²) < 4.78 is 24.3. The molecule has 140 valence electrons. The number of nitrogens with zero attached hydrogens (tertiary/aromatic N) is 2. The van der Waals surface area contributed by atoms with Gasteiger partial charge in [0.25, 0.3) is 0 Å². The van der Waals surface area contributed by atoms with Crippen molar-refractivity contribution in [1.82, 2.24) is 9.80 Å². The van der Waals surface area contributed by atoms with Gasteiger partial charge < -0.3 is 4.90 Å². The predicted octanol–water partition coefficient (Wildman–Crippen LogP) is 2.83. The maximum absolute atomic E-state index is 12.1. The number of rotatable bonds is 7. The third kappa shape index (κ3) is 4.72.